The average Bonchev–Trinajstić information content (AvgIpc) is 2.28. The Morgan fingerprint density at radius 2 is 1.83 bits per heavy atom. The van der Waals surface area contributed by atoms with E-state index >= 15 is 0 Å². The van der Waals surface area contributed by atoms with Gasteiger partial charge in [-0.2, -0.15) is 4.98 Å². The third-order valence-electron chi connectivity index (χ3n) is 1.87. The number of aromatic nitrogens is 3. The summed E-state index contributed by atoms with van der Waals surface area (Å²) in [6, 6.07) is 3.93. The number of nitrogens with zero attached hydrogens (tertiary/aromatic N) is 3. The summed E-state index contributed by atoms with van der Waals surface area (Å²) in [4.78, 5) is 11.1. The van der Waals surface area contributed by atoms with Gasteiger partial charge in [0, 0.05) is 12.4 Å². The van der Waals surface area contributed by atoms with Gasteiger partial charge in [-0.05, 0) is 29.8 Å². The number of nitrogens with one attached hydrogen (secondary N) is 1. The van der Waals surface area contributed by atoms with Crippen molar-refractivity contribution < 1.29 is 8.42 Å². The lowest BCUT2D eigenvalue weighted by Crippen LogP contribution is -2.14. The fourth-order valence-electron chi connectivity index (χ4n) is 1.14. The van der Waals surface area contributed by atoms with E-state index in [1.807, 2.05) is 0 Å². The van der Waals surface area contributed by atoms with Crippen LogP contribution in [0.5, 0.6) is 0 Å². The molecule has 0 amide bonds. The SMILES string of the molecule is O=S(=O)(Nc1ccnc(Cl)n1)c1ccnc(Cl)c1. The van der Waals surface area contributed by atoms with Gasteiger partial charge in [-0.15, -0.1) is 0 Å². The Bertz CT molecular complexity index is 678. The smallest absolute Gasteiger partial charge is 0.263 e. The van der Waals surface area contributed by atoms with E-state index in [2.05, 4.69) is 19.7 Å². The fourth-order valence-corrected chi connectivity index (χ4v) is 2.54. The van der Waals surface area contributed by atoms with Crippen LogP contribution in [-0.2, 0) is 10.0 Å². The van der Waals surface area contributed by atoms with Crippen molar-refractivity contribution in [3.63, 3.8) is 0 Å². The van der Waals surface area contributed by atoms with Crippen LogP contribution in [0.1, 0.15) is 0 Å². The Hall–Kier alpha value is -1.44. The summed E-state index contributed by atoms with van der Waals surface area (Å²) < 4.78 is 26.2. The maximum Gasteiger partial charge on any atom is 0.263 e. The molecule has 18 heavy (non-hydrogen) atoms. The summed E-state index contributed by atoms with van der Waals surface area (Å²) in [5.41, 5.74) is 0. The van der Waals surface area contributed by atoms with E-state index in [0.29, 0.717) is 0 Å². The van der Waals surface area contributed by atoms with E-state index in [1.54, 1.807) is 0 Å². The molecule has 0 atom stereocenters. The Balaban J connectivity index is 2.33. The molecule has 0 aliphatic heterocycles. The Morgan fingerprint density at radius 1 is 1.11 bits per heavy atom. The van der Waals surface area contributed by atoms with Crippen molar-refractivity contribution >= 4 is 39.0 Å². The molecule has 2 aromatic heterocycles. The molecule has 0 spiro atoms. The highest BCUT2D eigenvalue weighted by Crippen LogP contribution is 2.16. The second-order valence-corrected chi connectivity index (χ2v) is 5.54. The van der Waals surface area contributed by atoms with Gasteiger partial charge in [0.2, 0.25) is 5.28 Å². The summed E-state index contributed by atoms with van der Waals surface area (Å²) in [5.74, 6) is 0.0722. The molecule has 2 rings (SSSR count). The number of hydrogen-bond donors (Lipinski definition) is 1. The van der Waals surface area contributed by atoms with Crippen LogP contribution in [0.3, 0.4) is 0 Å². The summed E-state index contributed by atoms with van der Waals surface area (Å²) >= 11 is 11.2. The Morgan fingerprint density at radius 3 is 2.50 bits per heavy atom. The van der Waals surface area contributed by atoms with Crippen LogP contribution in [0.2, 0.25) is 10.4 Å². The van der Waals surface area contributed by atoms with Crippen LogP contribution in [0, 0.1) is 0 Å². The van der Waals surface area contributed by atoms with Crippen LogP contribution in [-0.4, -0.2) is 23.4 Å². The normalized spacial score (nSPS) is 11.2. The molecule has 1 N–H and O–H groups in total. The van der Waals surface area contributed by atoms with E-state index < -0.39 is 10.0 Å². The fraction of sp³-hybridized carbons (Fsp3) is 0. The standard InChI is InChI=1S/C9H6Cl2N4O2S/c10-7-5-6(1-3-12-7)18(16,17)15-8-2-4-13-9(11)14-8/h1-5H,(H,13,14,15). The largest absolute Gasteiger partial charge is 0.263 e. The molecule has 0 aliphatic carbocycles. The first kappa shape index (κ1) is 13.0. The highest BCUT2D eigenvalue weighted by molar-refractivity contribution is 7.92. The molecule has 0 unspecified atom stereocenters. The maximum absolute atomic E-state index is 12.0. The molecule has 0 fully saturated rings. The van der Waals surface area contributed by atoms with Crippen molar-refractivity contribution in [1.82, 2.24) is 15.0 Å². The number of rotatable bonds is 3. The van der Waals surface area contributed by atoms with E-state index in [9.17, 15) is 8.42 Å². The predicted molar refractivity (Wildman–Crippen MR) is 67.1 cm³/mol. The minimum absolute atomic E-state index is 0.0164. The zero-order chi connectivity index (χ0) is 13.2. The van der Waals surface area contributed by atoms with Gasteiger partial charge in [0.1, 0.15) is 11.0 Å². The van der Waals surface area contributed by atoms with Crippen molar-refractivity contribution in [2.24, 2.45) is 0 Å². The molecular formula is C9H6Cl2N4O2S. The van der Waals surface area contributed by atoms with Gasteiger partial charge in [0.15, 0.2) is 0 Å². The lowest BCUT2D eigenvalue weighted by atomic mass is 10.5. The van der Waals surface area contributed by atoms with Crippen molar-refractivity contribution in [3.05, 3.63) is 41.0 Å². The van der Waals surface area contributed by atoms with E-state index in [0.717, 1.165) is 0 Å². The summed E-state index contributed by atoms with van der Waals surface area (Å²) in [6.07, 6.45) is 2.64. The number of pyridine rings is 1. The highest BCUT2D eigenvalue weighted by atomic mass is 35.5. The maximum atomic E-state index is 12.0. The molecule has 0 aliphatic rings. The number of halogens is 2. The second-order valence-electron chi connectivity index (χ2n) is 3.13. The second kappa shape index (κ2) is 5.05. The van der Waals surface area contributed by atoms with Gasteiger partial charge >= 0.3 is 0 Å². The van der Waals surface area contributed by atoms with Gasteiger partial charge in [-0.3, -0.25) is 4.72 Å². The lowest BCUT2D eigenvalue weighted by Gasteiger charge is -2.06. The van der Waals surface area contributed by atoms with Crippen LogP contribution in [0.15, 0.2) is 35.5 Å². The first-order valence-corrected chi connectivity index (χ1v) is 6.84. The molecule has 0 saturated carbocycles. The number of hydrogen-bond acceptors (Lipinski definition) is 5. The molecule has 2 heterocycles. The number of sulfonamides is 1. The molecule has 0 saturated heterocycles. The van der Waals surface area contributed by atoms with Crippen LogP contribution >= 0.6 is 23.2 Å². The summed E-state index contributed by atoms with van der Waals surface area (Å²) in [7, 11) is -3.78. The molecular weight excluding hydrogens is 299 g/mol. The molecule has 6 nitrogen and oxygen atoms in total. The Labute approximate surface area is 113 Å². The zero-order valence-corrected chi connectivity index (χ0v) is 11.0. The van der Waals surface area contributed by atoms with Gasteiger partial charge in [0.05, 0.1) is 4.90 Å². The minimum atomic E-state index is -3.78. The average molecular weight is 305 g/mol. The van der Waals surface area contributed by atoms with Crippen molar-refractivity contribution in [3.8, 4) is 0 Å². The molecule has 0 radical (unpaired) electrons. The van der Waals surface area contributed by atoms with Crippen molar-refractivity contribution in [2.75, 3.05) is 4.72 Å². The molecule has 2 aromatic rings. The molecule has 0 aromatic carbocycles. The lowest BCUT2D eigenvalue weighted by molar-refractivity contribution is 0.601. The van der Waals surface area contributed by atoms with Gasteiger partial charge in [0.25, 0.3) is 10.0 Å². The van der Waals surface area contributed by atoms with Crippen molar-refractivity contribution in [2.45, 2.75) is 4.90 Å². The predicted octanol–water partition coefficient (Wildman–Crippen LogP) is 1.98. The topological polar surface area (TPSA) is 84.8 Å². The third kappa shape index (κ3) is 3.06. The molecule has 9 heteroatoms. The van der Waals surface area contributed by atoms with Crippen molar-refractivity contribution in [1.29, 1.82) is 0 Å². The quantitative estimate of drug-likeness (QED) is 0.692. The summed E-state index contributed by atoms with van der Waals surface area (Å²) in [6.45, 7) is 0. The van der Waals surface area contributed by atoms with Gasteiger partial charge in [-0.1, -0.05) is 11.6 Å². The van der Waals surface area contributed by atoms with Gasteiger partial charge in [-0.25, -0.2) is 18.4 Å². The van der Waals surface area contributed by atoms with E-state index in [-0.39, 0.29) is 21.2 Å². The molecule has 0 bridgehead atoms. The summed E-state index contributed by atoms with van der Waals surface area (Å²) in [5, 5.41) is 0.0292. The van der Waals surface area contributed by atoms with Crippen LogP contribution in [0.4, 0.5) is 5.82 Å². The first-order chi connectivity index (χ1) is 8.47. The monoisotopic (exact) mass is 304 g/mol. The van der Waals surface area contributed by atoms with E-state index in [1.165, 1.54) is 30.6 Å². The number of anilines is 1. The highest BCUT2D eigenvalue weighted by Gasteiger charge is 2.15. The minimum Gasteiger partial charge on any atom is -0.263 e. The molecule has 94 valence electrons. The Kier molecular flexibility index (Phi) is 3.65. The van der Waals surface area contributed by atoms with Gasteiger partial charge < -0.3 is 0 Å². The third-order valence-corrected chi connectivity index (χ3v) is 3.61. The van der Waals surface area contributed by atoms with Crippen LogP contribution in [0.25, 0.3) is 0 Å². The zero-order valence-electron chi connectivity index (χ0n) is 8.71. The van der Waals surface area contributed by atoms with E-state index in [4.69, 9.17) is 23.2 Å². The first-order valence-electron chi connectivity index (χ1n) is 4.60. The van der Waals surface area contributed by atoms with Crippen LogP contribution < -0.4 is 4.72 Å².